The number of hydrogen-bond donors (Lipinski definition) is 0. The second kappa shape index (κ2) is 7.04. The van der Waals surface area contributed by atoms with Gasteiger partial charge in [-0.25, -0.2) is 0 Å². The molecule has 0 amide bonds. The highest BCUT2D eigenvalue weighted by molar-refractivity contribution is 6.30. The molecule has 0 unspecified atom stereocenters. The standard InChI is InChI=1S/C19H11ClN2O3/c20-15-7-5-13(6-8-15)14(12-21)11-16-9-10-19(25-16)17-3-1-2-4-18(17)22(23)24/h1-11H/b14-11+. The van der Waals surface area contributed by atoms with Crippen LogP contribution < -0.4 is 0 Å². The average molecular weight is 351 g/mol. The maximum atomic E-state index is 11.1. The van der Waals surface area contributed by atoms with Crippen LogP contribution in [-0.4, -0.2) is 4.92 Å². The second-order valence-corrected chi connectivity index (χ2v) is 5.59. The summed E-state index contributed by atoms with van der Waals surface area (Å²) in [6.45, 7) is 0. The molecule has 25 heavy (non-hydrogen) atoms. The number of para-hydroxylation sites is 1. The molecule has 0 saturated carbocycles. The number of rotatable bonds is 4. The first-order valence-electron chi connectivity index (χ1n) is 7.30. The van der Waals surface area contributed by atoms with Gasteiger partial charge in [0.1, 0.15) is 11.5 Å². The van der Waals surface area contributed by atoms with Crippen molar-refractivity contribution >= 4 is 28.9 Å². The van der Waals surface area contributed by atoms with Crippen LogP contribution in [0.15, 0.2) is 65.1 Å². The summed E-state index contributed by atoms with van der Waals surface area (Å²) >= 11 is 5.86. The molecule has 0 aliphatic rings. The van der Waals surface area contributed by atoms with E-state index in [1.807, 2.05) is 0 Å². The van der Waals surface area contributed by atoms with E-state index in [2.05, 4.69) is 6.07 Å². The lowest BCUT2D eigenvalue weighted by molar-refractivity contribution is -0.384. The Bertz CT molecular complexity index is 998. The lowest BCUT2D eigenvalue weighted by Gasteiger charge is -2.00. The molecule has 6 heteroatoms. The highest BCUT2D eigenvalue weighted by Gasteiger charge is 2.17. The largest absolute Gasteiger partial charge is 0.456 e. The van der Waals surface area contributed by atoms with Crippen LogP contribution in [0, 0.1) is 21.4 Å². The van der Waals surface area contributed by atoms with Gasteiger partial charge in [-0.3, -0.25) is 10.1 Å². The van der Waals surface area contributed by atoms with Crippen molar-refractivity contribution in [1.29, 1.82) is 5.26 Å². The minimum absolute atomic E-state index is 0.0365. The average Bonchev–Trinajstić information content (AvgIpc) is 3.09. The van der Waals surface area contributed by atoms with Crippen LogP contribution in [0.2, 0.25) is 5.02 Å². The van der Waals surface area contributed by atoms with Crippen molar-refractivity contribution in [2.45, 2.75) is 0 Å². The summed E-state index contributed by atoms with van der Waals surface area (Å²) < 4.78 is 5.68. The molecule has 122 valence electrons. The van der Waals surface area contributed by atoms with Gasteiger partial charge in [-0.05, 0) is 42.0 Å². The number of hydrogen-bond acceptors (Lipinski definition) is 4. The molecule has 3 aromatic rings. The van der Waals surface area contributed by atoms with Crippen molar-refractivity contribution in [3.05, 3.63) is 87.1 Å². The molecule has 0 bridgehead atoms. The molecule has 1 heterocycles. The van der Waals surface area contributed by atoms with Crippen molar-refractivity contribution in [1.82, 2.24) is 0 Å². The lowest BCUT2D eigenvalue weighted by Crippen LogP contribution is -1.90. The molecule has 0 atom stereocenters. The quantitative estimate of drug-likeness (QED) is 0.350. The van der Waals surface area contributed by atoms with Crippen molar-refractivity contribution in [2.75, 3.05) is 0 Å². The monoisotopic (exact) mass is 350 g/mol. The summed E-state index contributed by atoms with van der Waals surface area (Å²) in [6, 6.07) is 18.6. The number of nitriles is 1. The number of benzene rings is 2. The number of furan rings is 1. The summed E-state index contributed by atoms with van der Waals surface area (Å²) in [7, 11) is 0. The van der Waals surface area contributed by atoms with Gasteiger partial charge >= 0.3 is 0 Å². The van der Waals surface area contributed by atoms with Crippen molar-refractivity contribution in [3.8, 4) is 17.4 Å². The van der Waals surface area contributed by atoms with Crippen LogP contribution in [0.25, 0.3) is 23.0 Å². The van der Waals surface area contributed by atoms with E-state index in [1.54, 1.807) is 60.7 Å². The van der Waals surface area contributed by atoms with Crippen LogP contribution >= 0.6 is 11.6 Å². The molecule has 2 aromatic carbocycles. The number of allylic oxidation sites excluding steroid dienone is 1. The Morgan fingerprint density at radius 2 is 1.84 bits per heavy atom. The molecular formula is C19H11ClN2O3. The third kappa shape index (κ3) is 3.60. The first-order chi connectivity index (χ1) is 12.1. The van der Waals surface area contributed by atoms with Crippen LogP contribution in [-0.2, 0) is 0 Å². The van der Waals surface area contributed by atoms with Crippen molar-refractivity contribution < 1.29 is 9.34 Å². The Labute approximate surface area is 148 Å². The van der Waals surface area contributed by atoms with Gasteiger partial charge in [-0.1, -0.05) is 35.9 Å². The highest BCUT2D eigenvalue weighted by Crippen LogP contribution is 2.31. The van der Waals surface area contributed by atoms with E-state index in [-0.39, 0.29) is 5.69 Å². The predicted molar refractivity (Wildman–Crippen MR) is 95.7 cm³/mol. The number of halogens is 1. The van der Waals surface area contributed by atoms with E-state index in [1.165, 1.54) is 6.07 Å². The maximum Gasteiger partial charge on any atom is 0.280 e. The fourth-order valence-electron chi connectivity index (χ4n) is 2.37. The first-order valence-corrected chi connectivity index (χ1v) is 7.67. The number of nitro benzene ring substituents is 1. The van der Waals surface area contributed by atoms with Crippen LogP contribution in [0.3, 0.4) is 0 Å². The molecule has 3 rings (SSSR count). The summed E-state index contributed by atoms with van der Waals surface area (Å²) in [5.41, 5.74) is 1.46. The Hall–Kier alpha value is -3.36. The van der Waals surface area contributed by atoms with Crippen molar-refractivity contribution in [2.24, 2.45) is 0 Å². The van der Waals surface area contributed by atoms with E-state index >= 15 is 0 Å². The predicted octanol–water partition coefficient (Wildman–Crippen LogP) is 5.57. The molecule has 0 aliphatic heterocycles. The third-order valence-electron chi connectivity index (χ3n) is 3.56. The van der Waals surface area contributed by atoms with Gasteiger partial charge in [-0.2, -0.15) is 5.26 Å². The zero-order valence-corrected chi connectivity index (χ0v) is 13.6. The third-order valence-corrected chi connectivity index (χ3v) is 3.81. The van der Waals surface area contributed by atoms with Gasteiger partial charge in [0.25, 0.3) is 5.69 Å². The Morgan fingerprint density at radius 1 is 1.12 bits per heavy atom. The molecule has 0 fully saturated rings. The summed E-state index contributed by atoms with van der Waals surface area (Å²) in [4.78, 5) is 10.7. The molecule has 0 aliphatic carbocycles. The fraction of sp³-hybridized carbons (Fsp3) is 0. The minimum atomic E-state index is -0.457. The van der Waals surface area contributed by atoms with Crippen molar-refractivity contribution in [3.63, 3.8) is 0 Å². The van der Waals surface area contributed by atoms with Crippen LogP contribution in [0.1, 0.15) is 11.3 Å². The first kappa shape index (κ1) is 16.5. The van der Waals surface area contributed by atoms with Crippen LogP contribution in [0.4, 0.5) is 5.69 Å². The smallest absolute Gasteiger partial charge is 0.280 e. The Kier molecular flexibility index (Phi) is 4.64. The van der Waals surface area contributed by atoms with E-state index < -0.39 is 4.92 Å². The highest BCUT2D eigenvalue weighted by atomic mass is 35.5. The molecule has 0 N–H and O–H groups in total. The second-order valence-electron chi connectivity index (χ2n) is 5.15. The van der Waals surface area contributed by atoms with E-state index in [0.717, 1.165) is 0 Å². The van der Waals surface area contributed by atoms with Gasteiger partial charge in [-0.15, -0.1) is 0 Å². The Morgan fingerprint density at radius 3 is 2.52 bits per heavy atom. The SMILES string of the molecule is N#C/C(=C\c1ccc(-c2ccccc2[N+](=O)[O-])o1)c1ccc(Cl)cc1. The zero-order valence-electron chi connectivity index (χ0n) is 12.8. The zero-order chi connectivity index (χ0) is 17.8. The summed E-state index contributed by atoms with van der Waals surface area (Å²) in [5.74, 6) is 0.798. The van der Waals surface area contributed by atoms with Crippen LogP contribution in [0.5, 0.6) is 0 Å². The topological polar surface area (TPSA) is 80.1 Å². The van der Waals surface area contributed by atoms with E-state index in [0.29, 0.717) is 33.2 Å². The van der Waals surface area contributed by atoms with Gasteiger partial charge < -0.3 is 4.42 Å². The number of nitrogens with zero attached hydrogens (tertiary/aromatic N) is 2. The van der Waals surface area contributed by atoms with E-state index in [4.69, 9.17) is 16.0 Å². The van der Waals surface area contributed by atoms with Gasteiger partial charge in [0.15, 0.2) is 0 Å². The molecule has 1 aromatic heterocycles. The maximum absolute atomic E-state index is 11.1. The fourth-order valence-corrected chi connectivity index (χ4v) is 2.49. The molecule has 5 nitrogen and oxygen atoms in total. The normalized spacial score (nSPS) is 11.1. The van der Waals surface area contributed by atoms with Gasteiger partial charge in [0.05, 0.1) is 22.1 Å². The Balaban J connectivity index is 1.98. The molecule has 0 radical (unpaired) electrons. The lowest BCUT2D eigenvalue weighted by atomic mass is 10.1. The van der Waals surface area contributed by atoms with E-state index in [9.17, 15) is 15.4 Å². The molecule has 0 spiro atoms. The summed E-state index contributed by atoms with van der Waals surface area (Å²) in [5, 5.41) is 21.1. The molecular weight excluding hydrogens is 340 g/mol. The molecule has 0 saturated heterocycles. The minimum Gasteiger partial charge on any atom is -0.456 e. The number of nitro groups is 1. The summed E-state index contributed by atoms with van der Waals surface area (Å²) in [6.07, 6.45) is 1.58. The van der Waals surface area contributed by atoms with Gasteiger partial charge in [0.2, 0.25) is 0 Å². The van der Waals surface area contributed by atoms with Gasteiger partial charge in [0, 0.05) is 11.1 Å².